The average molecular weight is 447 g/mol. The molecule has 0 atom stereocenters. The summed E-state index contributed by atoms with van der Waals surface area (Å²) in [7, 11) is 0. The molecule has 3 rings (SSSR count). The van der Waals surface area contributed by atoms with Crippen LogP contribution in [0.3, 0.4) is 0 Å². The molecular formula is C24H35ClN4O2. The van der Waals surface area contributed by atoms with Gasteiger partial charge in [0.1, 0.15) is 0 Å². The summed E-state index contributed by atoms with van der Waals surface area (Å²) in [6.45, 7) is 11.8. The number of aryl methyl sites for hydroxylation is 1. The summed E-state index contributed by atoms with van der Waals surface area (Å²) in [5.41, 5.74) is 0.836. The molecule has 7 heteroatoms. The van der Waals surface area contributed by atoms with Crippen molar-refractivity contribution in [2.24, 2.45) is 0 Å². The Morgan fingerprint density at radius 1 is 1.19 bits per heavy atom. The van der Waals surface area contributed by atoms with Crippen molar-refractivity contribution < 1.29 is 9.32 Å². The van der Waals surface area contributed by atoms with E-state index in [1.807, 2.05) is 12.1 Å². The molecule has 0 aliphatic carbocycles. The Hall–Kier alpha value is -1.92. The molecule has 1 aromatic carbocycles. The van der Waals surface area contributed by atoms with Crippen LogP contribution in [0.2, 0.25) is 5.02 Å². The van der Waals surface area contributed by atoms with Gasteiger partial charge < -0.3 is 14.7 Å². The van der Waals surface area contributed by atoms with Crippen molar-refractivity contribution in [2.45, 2.75) is 90.3 Å². The Labute approximate surface area is 190 Å². The fourth-order valence-corrected chi connectivity index (χ4v) is 4.88. The van der Waals surface area contributed by atoms with Gasteiger partial charge in [0.25, 0.3) is 0 Å². The minimum absolute atomic E-state index is 0.00285. The number of nitrogens with zero attached hydrogens (tertiary/aromatic N) is 3. The minimum atomic E-state index is -0.00285. The second-order valence-electron chi connectivity index (χ2n) is 9.91. The quantitative estimate of drug-likeness (QED) is 0.598. The third kappa shape index (κ3) is 6.53. The van der Waals surface area contributed by atoms with Gasteiger partial charge in [-0.2, -0.15) is 4.98 Å². The van der Waals surface area contributed by atoms with Crippen molar-refractivity contribution in [1.29, 1.82) is 0 Å². The summed E-state index contributed by atoms with van der Waals surface area (Å²) in [5, 5.41) is 8.43. The van der Waals surface area contributed by atoms with Crippen LogP contribution in [-0.4, -0.2) is 44.6 Å². The van der Waals surface area contributed by atoms with Gasteiger partial charge in [-0.25, -0.2) is 0 Å². The zero-order valence-corrected chi connectivity index (χ0v) is 20.1. The molecule has 0 spiro atoms. The van der Waals surface area contributed by atoms with Crippen LogP contribution in [0.5, 0.6) is 0 Å². The van der Waals surface area contributed by atoms with Gasteiger partial charge in [0.15, 0.2) is 0 Å². The third-order valence-corrected chi connectivity index (χ3v) is 6.06. The van der Waals surface area contributed by atoms with E-state index in [0.29, 0.717) is 29.6 Å². The van der Waals surface area contributed by atoms with E-state index < -0.39 is 0 Å². The number of unbranched alkanes of at least 4 members (excludes halogenated alkanes) is 1. The number of aromatic nitrogens is 2. The molecule has 1 saturated heterocycles. The lowest BCUT2D eigenvalue weighted by molar-refractivity contribution is -0.135. The molecule has 6 nitrogen and oxygen atoms in total. The molecule has 2 heterocycles. The smallest absolute Gasteiger partial charge is 0.227 e. The molecule has 0 unspecified atom stereocenters. The second-order valence-corrected chi connectivity index (χ2v) is 10.4. The third-order valence-electron chi connectivity index (χ3n) is 5.81. The van der Waals surface area contributed by atoms with E-state index >= 15 is 0 Å². The number of piperidine rings is 1. The van der Waals surface area contributed by atoms with Crippen LogP contribution in [0.1, 0.15) is 72.6 Å². The van der Waals surface area contributed by atoms with Gasteiger partial charge >= 0.3 is 0 Å². The largest absolute Gasteiger partial charge is 0.340 e. The van der Waals surface area contributed by atoms with Crippen molar-refractivity contribution >= 4 is 17.5 Å². The molecule has 31 heavy (non-hydrogen) atoms. The number of hydrogen-bond donors (Lipinski definition) is 1. The predicted molar refractivity (Wildman–Crippen MR) is 124 cm³/mol. The van der Waals surface area contributed by atoms with E-state index in [0.717, 1.165) is 37.8 Å². The van der Waals surface area contributed by atoms with E-state index in [1.165, 1.54) is 0 Å². The molecular weight excluding hydrogens is 412 g/mol. The summed E-state index contributed by atoms with van der Waals surface area (Å²) in [4.78, 5) is 19.8. The number of rotatable bonds is 8. The number of carbonyl (C=O) groups excluding carboxylic acids is 1. The highest BCUT2D eigenvalue weighted by Crippen LogP contribution is 2.32. The lowest BCUT2D eigenvalue weighted by Gasteiger charge is -2.49. The summed E-state index contributed by atoms with van der Waals surface area (Å²) in [6, 6.07) is 7.54. The molecule has 170 valence electrons. The standard InChI is InChI=1S/C24H35ClN4O2/c1-6-7-14-29(19-15-23(2,3)28-24(4,5)16-19)21(30)13-12-20-26-22(27-31-20)17-8-10-18(25)11-9-17/h8-11,19,28H,6-7,12-16H2,1-5H3. The van der Waals surface area contributed by atoms with E-state index in [2.05, 4.69) is 55.0 Å². The van der Waals surface area contributed by atoms with E-state index in [1.54, 1.807) is 12.1 Å². The van der Waals surface area contributed by atoms with Crippen molar-refractivity contribution in [1.82, 2.24) is 20.4 Å². The minimum Gasteiger partial charge on any atom is -0.340 e. The summed E-state index contributed by atoms with van der Waals surface area (Å²) in [5.74, 6) is 1.17. The summed E-state index contributed by atoms with van der Waals surface area (Å²) < 4.78 is 5.40. The average Bonchev–Trinajstić information content (AvgIpc) is 3.14. The lowest BCUT2D eigenvalue weighted by Crippen LogP contribution is -2.62. The first-order valence-corrected chi connectivity index (χ1v) is 11.6. The lowest BCUT2D eigenvalue weighted by atomic mass is 9.79. The SMILES string of the molecule is CCCCN(C(=O)CCc1nc(-c2ccc(Cl)cc2)no1)C1CC(C)(C)NC(C)(C)C1. The Bertz CT molecular complexity index is 860. The monoisotopic (exact) mass is 446 g/mol. The fraction of sp³-hybridized carbons (Fsp3) is 0.625. The second kappa shape index (κ2) is 9.70. The molecule has 1 aliphatic rings. The van der Waals surface area contributed by atoms with Crippen LogP contribution in [0, 0.1) is 0 Å². The number of benzene rings is 1. The maximum Gasteiger partial charge on any atom is 0.227 e. The zero-order valence-electron chi connectivity index (χ0n) is 19.4. The van der Waals surface area contributed by atoms with Crippen LogP contribution in [0.4, 0.5) is 0 Å². The first kappa shape index (κ1) is 23.7. The Balaban J connectivity index is 1.66. The Kier molecular flexibility index (Phi) is 7.43. The number of hydrogen-bond acceptors (Lipinski definition) is 5. The van der Waals surface area contributed by atoms with Crippen molar-refractivity contribution in [3.8, 4) is 11.4 Å². The molecule has 1 N–H and O–H groups in total. The summed E-state index contributed by atoms with van der Waals surface area (Å²) >= 11 is 5.94. The van der Waals surface area contributed by atoms with Crippen LogP contribution in [0.15, 0.2) is 28.8 Å². The number of halogens is 1. The maximum absolute atomic E-state index is 13.3. The maximum atomic E-state index is 13.3. The fourth-order valence-electron chi connectivity index (χ4n) is 4.76. The van der Waals surface area contributed by atoms with Gasteiger partial charge in [-0.05, 0) is 71.2 Å². The molecule has 2 aromatic rings. The number of carbonyl (C=O) groups is 1. The molecule has 0 radical (unpaired) electrons. The zero-order chi connectivity index (χ0) is 22.6. The first-order chi connectivity index (χ1) is 14.6. The predicted octanol–water partition coefficient (Wildman–Crippen LogP) is 5.26. The topological polar surface area (TPSA) is 71.3 Å². The van der Waals surface area contributed by atoms with Crippen molar-refractivity contribution in [3.05, 3.63) is 35.2 Å². The van der Waals surface area contributed by atoms with E-state index in [9.17, 15) is 4.79 Å². The highest BCUT2D eigenvalue weighted by molar-refractivity contribution is 6.30. The Morgan fingerprint density at radius 2 is 1.84 bits per heavy atom. The van der Waals surface area contributed by atoms with Crippen molar-refractivity contribution in [2.75, 3.05) is 6.54 Å². The molecule has 0 bridgehead atoms. The van der Waals surface area contributed by atoms with Gasteiger partial charge in [-0.15, -0.1) is 0 Å². The molecule has 1 amide bonds. The Morgan fingerprint density at radius 3 is 2.45 bits per heavy atom. The molecule has 0 saturated carbocycles. The van der Waals surface area contributed by atoms with Crippen LogP contribution in [0.25, 0.3) is 11.4 Å². The number of nitrogens with one attached hydrogen (secondary N) is 1. The first-order valence-electron chi connectivity index (χ1n) is 11.3. The van der Waals surface area contributed by atoms with Gasteiger partial charge in [0, 0.05) is 47.1 Å². The van der Waals surface area contributed by atoms with Gasteiger partial charge in [0.2, 0.25) is 17.6 Å². The molecule has 1 aromatic heterocycles. The van der Waals surface area contributed by atoms with E-state index in [4.69, 9.17) is 16.1 Å². The van der Waals surface area contributed by atoms with Crippen molar-refractivity contribution in [3.63, 3.8) is 0 Å². The van der Waals surface area contributed by atoms with Crippen LogP contribution in [-0.2, 0) is 11.2 Å². The molecule has 1 fully saturated rings. The highest BCUT2D eigenvalue weighted by Gasteiger charge is 2.40. The van der Waals surface area contributed by atoms with Gasteiger partial charge in [0.05, 0.1) is 0 Å². The van der Waals surface area contributed by atoms with Crippen LogP contribution < -0.4 is 5.32 Å². The number of amides is 1. The van der Waals surface area contributed by atoms with Gasteiger partial charge in [-0.1, -0.05) is 30.1 Å². The highest BCUT2D eigenvalue weighted by atomic mass is 35.5. The normalized spacial score (nSPS) is 18.1. The molecule has 1 aliphatic heterocycles. The van der Waals surface area contributed by atoms with Crippen LogP contribution >= 0.6 is 11.6 Å². The summed E-state index contributed by atoms with van der Waals surface area (Å²) in [6.07, 6.45) is 4.80. The van der Waals surface area contributed by atoms with E-state index in [-0.39, 0.29) is 23.0 Å². The van der Waals surface area contributed by atoms with Gasteiger partial charge in [-0.3, -0.25) is 4.79 Å².